The fourth-order valence-corrected chi connectivity index (χ4v) is 1.59. The van der Waals surface area contributed by atoms with Gasteiger partial charge in [-0.15, -0.1) is 0 Å². The smallest absolute Gasteiger partial charge is 0.241 e. The fourth-order valence-electron chi connectivity index (χ4n) is 1.59. The molecule has 0 aliphatic heterocycles. The van der Waals surface area contributed by atoms with E-state index in [-0.39, 0.29) is 5.91 Å². The van der Waals surface area contributed by atoms with E-state index in [0.29, 0.717) is 6.54 Å². The number of aromatic nitrogens is 2. The lowest BCUT2D eigenvalue weighted by molar-refractivity contribution is -0.127. The van der Waals surface area contributed by atoms with Crippen LogP contribution in [0, 0.1) is 0 Å². The van der Waals surface area contributed by atoms with E-state index in [4.69, 9.17) is 0 Å². The van der Waals surface area contributed by atoms with Crippen LogP contribution in [0.15, 0.2) is 6.07 Å². The van der Waals surface area contributed by atoms with E-state index in [9.17, 15) is 4.79 Å². The summed E-state index contributed by atoms with van der Waals surface area (Å²) in [5.74, 6) is 2.40. The zero-order valence-corrected chi connectivity index (χ0v) is 12.4. The average molecular weight is 265 g/mol. The highest BCUT2D eigenvalue weighted by Crippen LogP contribution is 2.16. The molecule has 0 saturated heterocycles. The van der Waals surface area contributed by atoms with Crippen LogP contribution in [-0.2, 0) is 11.2 Å². The summed E-state index contributed by atoms with van der Waals surface area (Å²) in [6.45, 7) is 5.07. The van der Waals surface area contributed by atoms with Crippen LogP contribution in [-0.4, -0.2) is 55.0 Å². The first kappa shape index (κ1) is 15.2. The van der Waals surface area contributed by atoms with Crippen molar-refractivity contribution in [1.29, 1.82) is 0 Å². The maximum atomic E-state index is 11.8. The van der Waals surface area contributed by atoms with E-state index in [2.05, 4.69) is 15.3 Å². The maximum absolute atomic E-state index is 11.8. The summed E-state index contributed by atoms with van der Waals surface area (Å²) in [6.07, 6.45) is 0.766. The number of carbonyl (C=O) groups is 1. The molecule has 0 aliphatic rings. The van der Waals surface area contributed by atoms with Crippen molar-refractivity contribution in [2.75, 3.05) is 44.4 Å². The van der Waals surface area contributed by atoms with E-state index in [0.717, 1.165) is 30.4 Å². The molecule has 1 N–H and O–H groups in total. The largest absolute Gasteiger partial charge is 0.373 e. The number of nitrogens with one attached hydrogen (secondary N) is 1. The van der Waals surface area contributed by atoms with Crippen molar-refractivity contribution < 1.29 is 4.79 Å². The van der Waals surface area contributed by atoms with Crippen molar-refractivity contribution in [1.82, 2.24) is 14.9 Å². The predicted molar refractivity (Wildman–Crippen MR) is 77.5 cm³/mol. The molecular formula is C13H23N5O. The van der Waals surface area contributed by atoms with Gasteiger partial charge in [-0.05, 0) is 6.92 Å². The highest BCUT2D eigenvalue weighted by atomic mass is 16.2. The molecule has 6 heteroatoms. The summed E-state index contributed by atoms with van der Waals surface area (Å²) in [5, 5.41) is 3.02. The van der Waals surface area contributed by atoms with Crippen molar-refractivity contribution >= 4 is 17.5 Å². The minimum atomic E-state index is 0.0597. The Bertz CT molecular complexity index is 411. The molecule has 106 valence electrons. The molecule has 0 radical (unpaired) electrons. The number of hydrogen-bond donors (Lipinski definition) is 1. The van der Waals surface area contributed by atoms with Crippen molar-refractivity contribution in [2.24, 2.45) is 0 Å². The van der Waals surface area contributed by atoms with E-state index in [1.165, 1.54) is 0 Å². The molecule has 0 fully saturated rings. The third-order valence-corrected chi connectivity index (χ3v) is 2.86. The summed E-state index contributed by atoms with van der Waals surface area (Å²) < 4.78 is 0. The van der Waals surface area contributed by atoms with Crippen molar-refractivity contribution in [2.45, 2.75) is 20.3 Å². The van der Waals surface area contributed by atoms with Crippen LogP contribution < -0.4 is 10.2 Å². The number of hydrogen-bond acceptors (Lipinski definition) is 5. The van der Waals surface area contributed by atoms with Crippen LogP contribution in [0.1, 0.15) is 19.7 Å². The van der Waals surface area contributed by atoms with Gasteiger partial charge in [0.2, 0.25) is 5.91 Å². The van der Waals surface area contributed by atoms with Gasteiger partial charge in [0.25, 0.3) is 0 Å². The van der Waals surface area contributed by atoms with E-state index < -0.39 is 0 Å². The summed E-state index contributed by atoms with van der Waals surface area (Å²) in [4.78, 5) is 24.2. The van der Waals surface area contributed by atoms with Crippen LogP contribution in [0.5, 0.6) is 0 Å². The van der Waals surface area contributed by atoms with Gasteiger partial charge in [0.1, 0.15) is 17.5 Å². The van der Waals surface area contributed by atoms with Gasteiger partial charge in [0.05, 0.1) is 6.54 Å². The number of aryl methyl sites for hydroxylation is 1. The molecule has 0 spiro atoms. The Morgan fingerprint density at radius 1 is 1.32 bits per heavy atom. The van der Waals surface area contributed by atoms with Gasteiger partial charge in [-0.25, -0.2) is 9.97 Å². The van der Waals surface area contributed by atoms with Crippen molar-refractivity contribution in [3.8, 4) is 0 Å². The van der Waals surface area contributed by atoms with Gasteiger partial charge in [0, 0.05) is 40.2 Å². The first-order chi connectivity index (χ1) is 9.01. The first-order valence-corrected chi connectivity index (χ1v) is 6.52. The minimum Gasteiger partial charge on any atom is -0.373 e. The van der Waals surface area contributed by atoms with Gasteiger partial charge in [-0.3, -0.25) is 4.79 Å². The van der Waals surface area contributed by atoms with Crippen LogP contribution in [0.3, 0.4) is 0 Å². The lowest BCUT2D eigenvalue weighted by Crippen LogP contribution is -2.37. The second kappa shape index (κ2) is 6.92. The van der Waals surface area contributed by atoms with Gasteiger partial charge in [0.15, 0.2) is 0 Å². The second-order valence-corrected chi connectivity index (χ2v) is 4.43. The number of amides is 1. The van der Waals surface area contributed by atoms with Crippen LogP contribution in [0.2, 0.25) is 0 Å². The molecule has 0 aliphatic carbocycles. The normalized spacial score (nSPS) is 10.2. The fraction of sp³-hybridized carbons (Fsp3) is 0.615. The molecule has 1 aromatic heterocycles. The average Bonchev–Trinajstić information content (AvgIpc) is 2.43. The summed E-state index contributed by atoms with van der Waals surface area (Å²) >= 11 is 0. The zero-order chi connectivity index (χ0) is 14.4. The number of carbonyl (C=O) groups excluding carboxylic acids is 1. The molecule has 6 nitrogen and oxygen atoms in total. The Labute approximate surface area is 114 Å². The van der Waals surface area contributed by atoms with Crippen LogP contribution in [0.4, 0.5) is 11.6 Å². The molecule has 1 heterocycles. The molecule has 1 amide bonds. The molecule has 0 aromatic carbocycles. The number of nitrogens with zero attached hydrogens (tertiary/aromatic N) is 4. The number of anilines is 2. The summed E-state index contributed by atoms with van der Waals surface area (Å²) in [7, 11) is 5.34. The standard InChI is InChI=1S/C13H23N5O/c1-6-10-15-11(14-3)8-12(16-10)18(7-2)9-13(19)17(4)5/h8H,6-7,9H2,1-5H3,(H,14,15,16). The Balaban J connectivity index is 3.00. The quantitative estimate of drug-likeness (QED) is 0.831. The lowest BCUT2D eigenvalue weighted by atomic mass is 10.3. The Hall–Kier alpha value is -1.85. The van der Waals surface area contributed by atoms with Gasteiger partial charge in [-0.2, -0.15) is 0 Å². The Kier molecular flexibility index (Phi) is 5.54. The Morgan fingerprint density at radius 3 is 2.47 bits per heavy atom. The zero-order valence-electron chi connectivity index (χ0n) is 12.4. The van der Waals surface area contributed by atoms with E-state index in [1.807, 2.05) is 31.9 Å². The SMILES string of the molecule is CCc1nc(NC)cc(N(CC)CC(=O)N(C)C)n1. The molecule has 1 aromatic rings. The lowest BCUT2D eigenvalue weighted by Gasteiger charge is -2.23. The Morgan fingerprint density at radius 2 is 2.00 bits per heavy atom. The third kappa shape index (κ3) is 4.08. The number of rotatable bonds is 6. The van der Waals surface area contributed by atoms with Gasteiger partial charge >= 0.3 is 0 Å². The summed E-state index contributed by atoms with van der Waals surface area (Å²) in [5.41, 5.74) is 0. The molecule has 0 bridgehead atoms. The molecule has 19 heavy (non-hydrogen) atoms. The topological polar surface area (TPSA) is 61.4 Å². The highest BCUT2D eigenvalue weighted by Gasteiger charge is 2.14. The first-order valence-electron chi connectivity index (χ1n) is 6.52. The molecule has 0 unspecified atom stereocenters. The number of likely N-dealkylation sites (N-methyl/N-ethyl adjacent to an activating group) is 2. The van der Waals surface area contributed by atoms with Crippen LogP contribution >= 0.6 is 0 Å². The molecule has 0 atom stereocenters. The van der Waals surface area contributed by atoms with Gasteiger partial charge < -0.3 is 15.1 Å². The molecule has 1 rings (SSSR count). The van der Waals surface area contributed by atoms with E-state index >= 15 is 0 Å². The van der Waals surface area contributed by atoms with Crippen LogP contribution in [0.25, 0.3) is 0 Å². The minimum absolute atomic E-state index is 0.0597. The third-order valence-electron chi connectivity index (χ3n) is 2.86. The molecule has 0 saturated carbocycles. The van der Waals surface area contributed by atoms with Crippen molar-refractivity contribution in [3.63, 3.8) is 0 Å². The predicted octanol–water partition coefficient (Wildman–Crippen LogP) is 0.995. The molecular weight excluding hydrogens is 242 g/mol. The highest BCUT2D eigenvalue weighted by molar-refractivity contribution is 5.80. The monoisotopic (exact) mass is 265 g/mol. The van der Waals surface area contributed by atoms with Gasteiger partial charge in [-0.1, -0.05) is 6.92 Å². The second-order valence-electron chi connectivity index (χ2n) is 4.43. The summed E-state index contributed by atoms with van der Waals surface area (Å²) in [6, 6.07) is 1.87. The maximum Gasteiger partial charge on any atom is 0.241 e. The van der Waals surface area contributed by atoms with E-state index in [1.54, 1.807) is 19.0 Å². The van der Waals surface area contributed by atoms with Crippen molar-refractivity contribution in [3.05, 3.63) is 11.9 Å².